The molecule has 2 N–H and O–H groups in total. The fourth-order valence-electron chi connectivity index (χ4n) is 1.97. The Morgan fingerprint density at radius 3 is 2.48 bits per heavy atom. The lowest BCUT2D eigenvalue weighted by molar-refractivity contribution is 0.0695. The van der Waals surface area contributed by atoms with Gasteiger partial charge in [0, 0.05) is 12.2 Å². The second-order valence-corrected chi connectivity index (χ2v) is 4.80. The smallest absolute Gasteiger partial charge is 0.337 e. The van der Waals surface area contributed by atoms with Crippen LogP contribution in [0.4, 0.5) is 0 Å². The first-order valence-corrected chi connectivity index (χ1v) is 6.60. The van der Waals surface area contributed by atoms with Crippen LogP contribution >= 0.6 is 0 Å². The van der Waals surface area contributed by atoms with Gasteiger partial charge in [0.25, 0.3) is 5.91 Å². The van der Waals surface area contributed by atoms with Crippen LogP contribution in [0.1, 0.15) is 33.3 Å². The molecule has 0 saturated heterocycles. The van der Waals surface area contributed by atoms with Crippen molar-refractivity contribution in [1.82, 2.24) is 10.3 Å². The van der Waals surface area contributed by atoms with Crippen molar-refractivity contribution >= 4 is 11.9 Å². The first-order chi connectivity index (χ1) is 10.1. The Labute approximate surface area is 122 Å². The number of hydrogen-bond donors (Lipinski definition) is 2. The number of rotatable bonds is 5. The third-order valence-electron chi connectivity index (χ3n) is 3.01. The maximum absolute atomic E-state index is 12.0. The molecule has 1 heterocycles. The zero-order chi connectivity index (χ0) is 15.2. The van der Waals surface area contributed by atoms with E-state index in [4.69, 9.17) is 5.11 Å². The van der Waals surface area contributed by atoms with E-state index in [2.05, 4.69) is 10.3 Å². The SMILES string of the molecule is CC(Cc1ccccc1)NC(=O)c1ccc(C(=O)O)cn1. The lowest BCUT2D eigenvalue weighted by Crippen LogP contribution is -2.34. The number of benzene rings is 1. The van der Waals surface area contributed by atoms with Crippen LogP contribution in [0.5, 0.6) is 0 Å². The van der Waals surface area contributed by atoms with Crippen LogP contribution in [0.15, 0.2) is 48.7 Å². The summed E-state index contributed by atoms with van der Waals surface area (Å²) in [6.45, 7) is 1.91. The second-order valence-electron chi connectivity index (χ2n) is 4.80. The van der Waals surface area contributed by atoms with Gasteiger partial charge in [0.15, 0.2) is 0 Å². The molecule has 0 radical (unpaired) electrons. The normalized spacial score (nSPS) is 11.7. The molecular weight excluding hydrogens is 268 g/mol. The van der Waals surface area contributed by atoms with Crippen molar-refractivity contribution in [2.75, 3.05) is 0 Å². The van der Waals surface area contributed by atoms with E-state index in [0.717, 1.165) is 12.0 Å². The van der Waals surface area contributed by atoms with E-state index in [-0.39, 0.29) is 23.2 Å². The van der Waals surface area contributed by atoms with Gasteiger partial charge < -0.3 is 10.4 Å². The summed E-state index contributed by atoms with van der Waals surface area (Å²) in [5.74, 6) is -1.37. The highest BCUT2D eigenvalue weighted by Crippen LogP contribution is 2.05. The average Bonchev–Trinajstić information content (AvgIpc) is 2.48. The van der Waals surface area contributed by atoms with Gasteiger partial charge in [-0.2, -0.15) is 0 Å². The number of carbonyl (C=O) groups excluding carboxylic acids is 1. The molecule has 1 atom stereocenters. The highest BCUT2D eigenvalue weighted by atomic mass is 16.4. The number of pyridine rings is 1. The molecule has 1 unspecified atom stereocenters. The molecule has 0 aliphatic carbocycles. The Morgan fingerprint density at radius 2 is 1.90 bits per heavy atom. The molecule has 21 heavy (non-hydrogen) atoms. The van der Waals surface area contributed by atoms with Gasteiger partial charge in [0.2, 0.25) is 0 Å². The third kappa shape index (κ3) is 4.14. The first-order valence-electron chi connectivity index (χ1n) is 6.60. The summed E-state index contributed by atoms with van der Waals surface area (Å²) in [5, 5.41) is 11.6. The maximum atomic E-state index is 12.0. The largest absolute Gasteiger partial charge is 0.478 e. The Kier molecular flexibility index (Phi) is 4.66. The van der Waals surface area contributed by atoms with Crippen molar-refractivity contribution in [3.63, 3.8) is 0 Å². The minimum atomic E-state index is -1.06. The van der Waals surface area contributed by atoms with Gasteiger partial charge in [0.1, 0.15) is 5.69 Å². The van der Waals surface area contributed by atoms with E-state index in [1.165, 1.54) is 18.3 Å². The molecule has 108 valence electrons. The quantitative estimate of drug-likeness (QED) is 0.881. The van der Waals surface area contributed by atoms with Gasteiger partial charge in [-0.15, -0.1) is 0 Å². The number of carboxylic acid groups (broad SMARTS) is 1. The minimum absolute atomic E-state index is 0.0409. The molecule has 1 aromatic carbocycles. The van der Waals surface area contributed by atoms with Crippen molar-refractivity contribution < 1.29 is 14.7 Å². The van der Waals surface area contributed by atoms with E-state index in [9.17, 15) is 9.59 Å². The average molecular weight is 284 g/mol. The lowest BCUT2D eigenvalue weighted by Gasteiger charge is -2.13. The Morgan fingerprint density at radius 1 is 1.19 bits per heavy atom. The molecule has 0 spiro atoms. The predicted octanol–water partition coefficient (Wildman–Crippen LogP) is 2.14. The topological polar surface area (TPSA) is 79.3 Å². The molecule has 2 rings (SSSR count). The zero-order valence-electron chi connectivity index (χ0n) is 11.6. The van der Waals surface area contributed by atoms with Crippen LogP contribution in [0.2, 0.25) is 0 Å². The summed E-state index contributed by atoms with van der Waals surface area (Å²) >= 11 is 0. The summed E-state index contributed by atoms with van der Waals surface area (Å²) in [4.78, 5) is 26.6. The highest BCUT2D eigenvalue weighted by Gasteiger charge is 2.12. The second kappa shape index (κ2) is 6.65. The number of carbonyl (C=O) groups is 2. The third-order valence-corrected chi connectivity index (χ3v) is 3.01. The summed E-state index contributed by atoms with van der Waals surface area (Å²) in [5.41, 5.74) is 1.41. The van der Waals surface area contributed by atoms with Gasteiger partial charge >= 0.3 is 5.97 Å². The molecular formula is C16H16N2O3. The Bertz CT molecular complexity index is 624. The molecule has 0 bridgehead atoms. The van der Waals surface area contributed by atoms with Crippen LogP contribution < -0.4 is 5.32 Å². The number of carboxylic acids is 1. The lowest BCUT2D eigenvalue weighted by atomic mass is 10.1. The molecule has 5 nitrogen and oxygen atoms in total. The van der Waals surface area contributed by atoms with Crippen LogP contribution in [0, 0.1) is 0 Å². The zero-order valence-corrected chi connectivity index (χ0v) is 11.6. The summed E-state index contributed by atoms with van der Waals surface area (Å²) in [7, 11) is 0. The maximum Gasteiger partial charge on any atom is 0.337 e. The van der Waals surface area contributed by atoms with Crippen molar-refractivity contribution in [3.8, 4) is 0 Å². The van der Waals surface area contributed by atoms with Gasteiger partial charge in [0.05, 0.1) is 5.56 Å². The van der Waals surface area contributed by atoms with Gasteiger partial charge in [-0.25, -0.2) is 4.79 Å². The summed E-state index contributed by atoms with van der Waals surface area (Å²) in [6, 6.07) is 12.6. The molecule has 0 fully saturated rings. The standard InChI is InChI=1S/C16H16N2O3/c1-11(9-12-5-3-2-4-6-12)18-15(19)14-8-7-13(10-17-14)16(20)21/h2-8,10-11H,9H2,1H3,(H,18,19)(H,20,21). The molecule has 0 aliphatic rings. The molecule has 1 amide bonds. The van der Waals surface area contributed by atoms with E-state index >= 15 is 0 Å². The van der Waals surface area contributed by atoms with Crippen molar-refractivity contribution in [3.05, 3.63) is 65.5 Å². The fraction of sp³-hybridized carbons (Fsp3) is 0.188. The number of hydrogen-bond acceptors (Lipinski definition) is 3. The number of aromatic carboxylic acids is 1. The van der Waals surface area contributed by atoms with Gasteiger partial charge in [-0.1, -0.05) is 30.3 Å². The monoisotopic (exact) mass is 284 g/mol. The Balaban J connectivity index is 1.96. The van der Waals surface area contributed by atoms with Gasteiger partial charge in [-0.05, 0) is 31.0 Å². The number of nitrogens with one attached hydrogen (secondary N) is 1. The Hall–Kier alpha value is -2.69. The van der Waals surface area contributed by atoms with E-state index in [0.29, 0.717) is 0 Å². The van der Waals surface area contributed by atoms with E-state index in [1.807, 2.05) is 37.3 Å². The van der Waals surface area contributed by atoms with Crippen LogP contribution in [0.25, 0.3) is 0 Å². The summed E-state index contributed by atoms with van der Waals surface area (Å²) in [6.07, 6.45) is 1.90. The number of aromatic nitrogens is 1. The van der Waals surface area contributed by atoms with E-state index < -0.39 is 5.97 Å². The van der Waals surface area contributed by atoms with Crippen LogP contribution in [-0.2, 0) is 6.42 Å². The van der Waals surface area contributed by atoms with Crippen LogP contribution in [-0.4, -0.2) is 28.0 Å². The molecule has 0 saturated carbocycles. The predicted molar refractivity (Wildman–Crippen MR) is 78.3 cm³/mol. The van der Waals surface area contributed by atoms with Crippen molar-refractivity contribution in [1.29, 1.82) is 0 Å². The first kappa shape index (κ1) is 14.7. The van der Waals surface area contributed by atoms with Crippen molar-refractivity contribution in [2.45, 2.75) is 19.4 Å². The minimum Gasteiger partial charge on any atom is -0.478 e. The molecule has 2 aromatic rings. The summed E-state index contributed by atoms with van der Waals surface area (Å²) < 4.78 is 0. The molecule has 5 heteroatoms. The highest BCUT2D eigenvalue weighted by molar-refractivity contribution is 5.93. The number of nitrogens with zero attached hydrogens (tertiary/aromatic N) is 1. The number of amides is 1. The van der Waals surface area contributed by atoms with E-state index in [1.54, 1.807) is 0 Å². The van der Waals surface area contributed by atoms with Crippen molar-refractivity contribution in [2.24, 2.45) is 0 Å². The fourth-order valence-corrected chi connectivity index (χ4v) is 1.97. The van der Waals surface area contributed by atoms with Gasteiger partial charge in [-0.3, -0.25) is 9.78 Å². The molecule has 1 aromatic heterocycles. The molecule has 0 aliphatic heterocycles. The van der Waals surface area contributed by atoms with Crippen LogP contribution in [0.3, 0.4) is 0 Å².